The molecule has 3 aromatic rings. The predicted octanol–water partition coefficient (Wildman–Crippen LogP) is 4.29. The van der Waals surface area contributed by atoms with Crippen LogP contribution in [0.1, 0.15) is 5.56 Å². The molecule has 0 saturated carbocycles. The standard InChI is InChI=1S/C13H9BrFN3S/c1-7-4-5-16-12-11(7)17-13(19)18(12)10-6-8(15)2-3-9(10)14/h2-6H,1H3,(H,17,19). The molecule has 6 heteroatoms. The average molecular weight is 338 g/mol. The van der Waals surface area contributed by atoms with Crippen LogP contribution in [0.2, 0.25) is 0 Å². The molecular weight excluding hydrogens is 329 g/mol. The molecule has 0 aliphatic heterocycles. The van der Waals surface area contributed by atoms with Gasteiger partial charge in [-0.3, -0.25) is 4.57 Å². The van der Waals surface area contributed by atoms with Crippen LogP contribution < -0.4 is 0 Å². The number of nitrogens with one attached hydrogen (secondary N) is 1. The highest BCUT2D eigenvalue weighted by Gasteiger charge is 2.12. The van der Waals surface area contributed by atoms with Crippen molar-refractivity contribution in [2.75, 3.05) is 0 Å². The maximum Gasteiger partial charge on any atom is 0.184 e. The van der Waals surface area contributed by atoms with E-state index < -0.39 is 0 Å². The lowest BCUT2D eigenvalue weighted by Crippen LogP contribution is -1.97. The molecule has 0 unspecified atom stereocenters. The summed E-state index contributed by atoms with van der Waals surface area (Å²) >= 11 is 8.74. The summed E-state index contributed by atoms with van der Waals surface area (Å²) in [6, 6.07) is 6.38. The third kappa shape index (κ3) is 2.01. The van der Waals surface area contributed by atoms with Gasteiger partial charge in [0.2, 0.25) is 0 Å². The minimum Gasteiger partial charge on any atom is -0.329 e. The van der Waals surface area contributed by atoms with Crippen LogP contribution >= 0.6 is 28.1 Å². The first-order chi connectivity index (χ1) is 9.08. The minimum atomic E-state index is -0.317. The molecule has 0 fully saturated rings. The van der Waals surface area contributed by atoms with Crippen LogP contribution in [-0.4, -0.2) is 14.5 Å². The molecule has 1 N–H and O–H groups in total. The van der Waals surface area contributed by atoms with Gasteiger partial charge in [0.25, 0.3) is 0 Å². The Morgan fingerprint density at radius 2 is 2.16 bits per heavy atom. The van der Waals surface area contributed by atoms with Gasteiger partial charge in [-0.2, -0.15) is 0 Å². The molecule has 3 nitrogen and oxygen atoms in total. The third-order valence-corrected chi connectivity index (χ3v) is 3.89. The van der Waals surface area contributed by atoms with Crippen molar-refractivity contribution >= 4 is 39.3 Å². The highest BCUT2D eigenvalue weighted by molar-refractivity contribution is 9.10. The van der Waals surface area contributed by atoms with Gasteiger partial charge in [0.1, 0.15) is 5.82 Å². The molecule has 3 rings (SSSR count). The van der Waals surface area contributed by atoms with Crippen molar-refractivity contribution in [2.45, 2.75) is 6.92 Å². The second kappa shape index (κ2) is 4.54. The number of pyridine rings is 1. The van der Waals surface area contributed by atoms with E-state index in [1.807, 2.05) is 13.0 Å². The summed E-state index contributed by atoms with van der Waals surface area (Å²) < 4.78 is 16.4. The number of imidazole rings is 1. The van der Waals surface area contributed by atoms with E-state index in [4.69, 9.17) is 12.2 Å². The summed E-state index contributed by atoms with van der Waals surface area (Å²) in [6.07, 6.45) is 1.71. The van der Waals surface area contributed by atoms with Crippen molar-refractivity contribution in [3.63, 3.8) is 0 Å². The molecule has 0 amide bonds. The van der Waals surface area contributed by atoms with E-state index >= 15 is 0 Å². The number of aryl methyl sites for hydroxylation is 1. The van der Waals surface area contributed by atoms with Crippen LogP contribution in [0.25, 0.3) is 16.9 Å². The minimum absolute atomic E-state index is 0.317. The van der Waals surface area contributed by atoms with Crippen molar-refractivity contribution in [1.29, 1.82) is 0 Å². The van der Waals surface area contributed by atoms with Gasteiger partial charge in [-0.05, 0) is 64.9 Å². The number of benzene rings is 1. The Kier molecular flexibility index (Phi) is 2.99. The van der Waals surface area contributed by atoms with Crippen LogP contribution in [0.5, 0.6) is 0 Å². The molecule has 0 bridgehead atoms. The maximum atomic E-state index is 13.5. The molecule has 2 aromatic heterocycles. The lowest BCUT2D eigenvalue weighted by atomic mass is 10.2. The quantitative estimate of drug-likeness (QED) is 0.672. The monoisotopic (exact) mass is 337 g/mol. The van der Waals surface area contributed by atoms with E-state index in [9.17, 15) is 4.39 Å². The summed E-state index contributed by atoms with van der Waals surface area (Å²) in [7, 11) is 0. The van der Waals surface area contributed by atoms with Gasteiger partial charge in [-0.1, -0.05) is 0 Å². The van der Waals surface area contributed by atoms with Gasteiger partial charge in [-0.15, -0.1) is 0 Å². The zero-order valence-corrected chi connectivity index (χ0v) is 12.3. The molecule has 0 aliphatic rings. The van der Waals surface area contributed by atoms with Crippen LogP contribution in [0.4, 0.5) is 4.39 Å². The zero-order chi connectivity index (χ0) is 13.6. The molecule has 0 saturated heterocycles. The summed E-state index contributed by atoms with van der Waals surface area (Å²) in [5, 5.41) is 0. The predicted molar refractivity (Wildman–Crippen MR) is 78.6 cm³/mol. The van der Waals surface area contributed by atoms with E-state index in [0.29, 0.717) is 16.1 Å². The molecule has 96 valence electrons. The van der Waals surface area contributed by atoms with Crippen molar-refractivity contribution in [3.8, 4) is 5.69 Å². The fourth-order valence-corrected chi connectivity index (χ4v) is 2.72. The number of nitrogens with zero attached hydrogens (tertiary/aromatic N) is 2. The first kappa shape index (κ1) is 12.5. The number of aromatic nitrogens is 3. The molecule has 0 aliphatic carbocycles. The van der Waals surface area contributed by atoms with Gasteiger partial charge in [-0.25, -0.2) is 9.37 Å². The highest BCUT2D eigenvalue weighted by atomic mass is 79.9. The molecular formula is C13H9BrFN3S. The van der Waals surface area contributed by atoms with E-state index in [1.54, 1.807) is 16.8 Å². The molecule has 19 heavy (non-hydrogen) atoms. The second-order valence-corrected chi connectivity index (χ2v) is 5.43. The first-order valence-electron chi connectivity index (χ1n) is 5.59. The normalized spacial score (nSPS) is 11.1. The van der Waals surface area contributed by atoms with Gasteiger partial charge in [0.05, 0.1) is 11.2 Å². The van der Waals surface area contributed by atoms with E-state index in [2.05, 4.69) is 25.9 Å². The third-order valence-electron chi connectivity index (χ3n) is 2.94. The van der Waals surface area contributed by atoms with Crippen LogP contribution in [-0.2, 0) is 0 Å². The Morgan fingerprint density at radius 1 is 1.37 bits per heavy atom. The van der Waals surface area contributed by atoms with E-state index in [0.717, 1.165) is 15.6 Å². The number of fused-ring (bicyclic) bond motifs is 1. The number of hydrogen-bond acceptors (Lipinski definition) is 2. The van der Waals surface area contributed by atoms with Crippen LogP contribution in [0.3, 0.4) is 0 Å². The van der Waals surface area contributed by atoms with E-state index in [1.165, 1.54) is 12.1 Å². The highest BCUT2D eigenvalue weighted by Crippen LogP contribution is 2.26. The molecule has 2 heterocycles. The average Bonchev–Trinajstić information content (AvgIpc) is 2.70. The summed E-state index contributed by atoms with van der Waals surface area (Å²) in [5.41, 5.74) is 3.23. The fourth-order valence-electron chi connectivity index (χ4n) is 2.01. The number of aromatic amines is 1. The Bertz CT molecular complexity index is 838. The number of rotatable bonds is 1. The van der Waals surface area contributed by atoms with Crippen molar-refractivity contribution in [1.82, 2.24) is 14.5 Å². The topological polar surface area (TPSA) is 33.6 Å². The SMILES string of the molecule is Cc1ccnc2c1[nH]c(=S)n2-c1cc(F)ccc1Br. The summed E-state index contributed by atoms with van der Waals surface area (Å²) in [5.74, 6) is -0.317. The lowest BCUT2D eigenvalue weighted by Gasteiger charge is -2.06. The van der Waals surface area contributed by atoms with E-state index in [-0.39, 0.29) is 5.82 Å². The van der Waals surface area contributed by atoms with Gasteiger partial charge in [0, 0.05) is 10.7 Å². The number of halogens is 2. The zero-order valence-electron chi connectivity index (χ0n) is 9.95. The van der Waals surface area contributed by atoms with Crippen LogP contribution in [0.15, 0.2) is 34.9 Å². The Balaban J connectivity index is 2.43. The smallest absolute Gasteiger partial charge is 0.184 e. The molecule has 0 radical (unpaired) electrons. The Hall–Kier alpha value is -1.53. The summed E-state index contributed by atoms with van der Waals surface area (Å²) in [4.78, 5) is 7.44. The van der Waals surface area contributed by atoms with Crippen molar-refractivity contribution in [3.05, 3.63) is 51.1 Å². The number of H-pyrrole nitrogens is 1. The van der Waals surface area contributed by atoms with Gasteiger partial charge in [0.15, 0.2) is 10.4 Å². The Labute approximate surface area is 122 Å². The van der Waals surface area contributed by atoms with Gasteiger partial charge >= 0.3 is 0 Å². The number of hydrogen-bond donors (Lipinski definition) is 1. The Morgan fingerprint density at radius 3 is 2.95 bits per heavy atom. The molecule has 0 atom stereocenters. The largest absolute Gasteiger partial charge is 0.329 e. The van der Waals surface area contributed by atoms with Crippen molar-refractivity contribution < 1.29 is 4.39 Å². The molecule has 1 aromatic carbocycles. The second-order valence-electron chi connectivity index (χ2n) is 4.19. The maximum absolute atomic E-state index is 13.5. The first-order valence-corrected chi connectivity index (χ1v) is 6.80. The molecule has 0 spiro atoms. The fraction of sp³-hybridized carbons (Fsp3) is 0.0769. The lowest BCUT2D eigenvalue weighted by molar-refractivity contribution is 0.626. The summed E-state index contributed by atoms with van der Waals surface area (Å²) in [6.45, 7) is 1.97. The van der Waals surface area contributed by atoms with Gasteiger partial charge < -0.3 is 4.98 Å². The van der Waals surface area contributed by atoms with Crippen molar-refractivity contribution in [2.24, 2.45) is 0 Å². The van der Waals surface area contributed by atoms with Crippen LogP contribution in [0, 0.1) is 17.5 Å².